The van der Waals surface area contributed by atoms with E-state index in [4.69, 9.17) is 4.74 Å². The van der Waals surface area contributed by atoms with E-state index in [1.165, 1.54) is 4.31 Å². The van der Waals surface area contributed by atoms with Crippen LogP contribution in [0.5, 0.6) is 0 Å². The molecule has 0 fully saturated rings. The molecule has 1 aliphatic heterocycles. The highest BCUT2D eigenvalue weighted by atomic mass is 32.2. The second-order valence-corrected chi connectivity index (χ2v) is 9.19. The van der Waals surface area contributed by atoms with Crippen LogP contribution in [0.1, 0.15) is 46.9 Å². The molecule has 0 amide bonds. The molecule has 0 saturated carbocycles. The van der Waals surface area contributed by atoms with Gasteiger partial charge in [0, 0.05) is 12.6 Å². The van der Waals surface area contributed by atoms with E-state index in [1.54, 1.807) is 31.2 Å². The molecule has 29 heavy (non-hydrogen) atoms. The maximum Gasteiger partial charge on any atom is 0.339 e. The fourth-order valence-corrected chi connectivity index (χ4v) is 5.56. The van der Waals surface area contributed by atoms with Gasteiger partial charge in [-0.15, -0.1) is 0 Å². The van der Waals surface area contributed by atoms with E-state index in [-0.39, 0.29) is 24.1 Å². The fourth-order valence-electron chi connectivity index (χ4n) is 3.98. The summed E-state index contributed by atoms with van der Waals surface area (Å²) in [6.45, 7) is 5.95. The van der Waals surface area contributed by atoms with Crippen LogP contribution in [0, 0.1) is 6.92 Å². The van der Waals surface area contributed by atoms with Gasteiger partial charge in [-0.05, 0) is 60.9 Å². The molecule has 0 spiro atoms. The minimum Gasteiger partial charge on any atom is -0.462 e. The highest BCUT2D eigenvalue weighted by Crippen LogP contribution is 2.42. The smallest absolute Gasteiger partial charge is 0.339 e. The van der Waals surface area contributed by atoms with E-state index >= 15 is 0 Å². The van der Waals surface area contributed by atoms with Gasteiger partial charge in [-0.3, -0.25) is 0 Å². The van der Waals surface area contributed by atoms with Gasteiger partial charge in [0.15, 0.2) is 0 Å². The van der Waals surface area contributed by atoms with Gasteiger partial charge in [0.05, 0.1) is 17.1 Å². The number of hydrogen-bond acceptors (Lipinski definition) is 4. The molecule has 1 unspecified atom stereocenters. The Bertz CT molecular complexity index is 1200. The number of sulfonamides is 1. The van der Waals surface area contributed by atoms with E-state index < -0.39 is 16.0 Å². The van der Waals surface area contributed by atoms with Crippen molar-refractivity contribution < 1.29 is 17.9 Å². The van der Waals surface area contributed by atoms with Crippen LogP contribution in [0.25, 0.3) is 10.8 Å². The van der Waals surface area contributed by atoms with E-state index in [0.717, 1.165) is 27.5 Å². The summed E-state index contributed by atoms with van der Waals surface area (Å²) < 4.78 is 33.4. The number of ether oxygens (including phenoxy) is 1. The summed E-state index contributed by atoms with van der Waals surface area (Å²) in [7, 11) is -3.71. The number of hydrogen-bond donors (Lipinski definition) is 0. The van der Waals surface area contributed by atoms with Crippen LogP contribution in [-0.2, 0) is 21.3 Å². The number of benzene rings is 3. The van der Waals surface area contributed by atoms with Crippen LogP contribution in [0.15, 0.2) is 59.5 Å². The Balaban J connectivity index is 1.87. The number of rotatable bonds is 4. The van der Waals surface area contributed by atoms with Gasteiger partial charge in [0.1, 0.15) is 0 Å². The molecule has 0 saturated heterocycles. The van der Waals surface area contributed by atoms with Crippen molar-refractivity contribution in [2.45, 2.75) is 38.3 Å². The molecular weight excluding hydrogens is 386 g/mol. The highest BCUT2D eigenvalue weighted by Gasteiger charge is 2.39. The van der Waals surface area contributed by atoms with Gasteiger partial charge in [-0.2, -0.15) is 4.31 Å². The Kier molecular flexibility index (Phi) is 4.92. The van der Waals surface area contributed by atoms with Crippen LogP contribution in [0.4, 0.5) is 0 Å². The Morgan fingerprint density at radius 3 is 2.52 bits per heavy atom. The molecule has 0 N–H and O–H groups in total. The van der Waals surface area contributed by atoms with Gasteiger partial charge in [0.25, 0.3) is 0 Å². The molecule has 0 radical (unpaired) electrons. The summed E-state index contributed by atoms with van der Waals surface area (Å²) in [5, 5.41) is 1.68. The monoisotopic (exact) mass is 409 g/mol. The summed E-state index contributed by atoms with van der Waals surface area (Å²) in [6, 6.07) is 16.0. The molecule has 1 aliphatic rings. The molecule has 5 nitrogen and oxygen atoms in total. The standard InChI is InChI=1S/C23H23NO4S/c1-4-28-23(25)22-19-8-6-5-7-17(19)13-20-16(3)24(14-21(20)22)29(26,27)18-11-9-15(2)10-12-18/h5-13,16H,4,14H2,1-3H3. The van der Waals surface area contributed by atoms with Crippen LogP contribution in [-0.4, -0.2) is 25.3 Å². The average Bonchev–Trinajstić information content (AvgIpc) is 3.03. The van der Waals surface area contributed by atoms with E-state index in [9.17, 15) is 13.2 Å². The number of carbonyl (C=O) groups is 1. The fraction of sp³-hybridized carbons (Fsp3) is 0.261. The molecular formula is C23H23NO4S. The maximum atomic E-state index is 13.3. The Labute approximate surface area is 171 Å². The second-order valence-electron chi connectivity index (χ2n) is 7.30. The number of carbonyl (C=O) groups excluding carboxylic acids is 1. The average molecular weight is 410 g/mol. The van der Waals surface area contributed by atoms with Crippen molar-refractivity contribution in [2.24, 2.45) is 0 Å². The molecule has 3 aromatic rings. The number of fused-ring (bicyclic) bond motifs is 2. The van der Waals surface area contributed by atoms with Crippen LogP contribution in [0.3, 0.4) is 0 Å². The Morgan fingerprint density at radius 2 is 1.83 bits per heavy atom. The van der Waals surface area contributed by atoms with E-state index in [0.29, 0.717) is 5.56 Å². The molecule has 6 heteroatoms. The zero-order valence-corrected chi connectivity index (χ0v) is 17.5. The zero-order chi connectivity index (χ0) is 20.8. The lowest BCUT2D eigenvalue weighted by atomic mass is 9.94. The van der Waals surface area contributed by atoms with Gasteiger partial charge < -0.3 is 4.74 Å². The molecule has 1 atom stereocenters. The number of nitrogens with zero attached hydrogens (tertiary/aromatic N) is 1. The lowest BCUT2D eigenvalue weighted by molar-refractivity contribution is 0.0527. The van der Waals surface area contributed by atoms with Crippen LogP contribution < -0.4 is 0 Å². The minimum absolute atomic E-state index is 0.145. The third-order valence-corrected chi connectivity index (χ3v) is 7.43. The lowest BCUT2D eigenvalue weighted by Crippen LogP contribution is -2.28. The normalized spacial score (nSPS) is 16.7. The first-order chi connectivity index (χ1) is 13.8. The predicted molar refractivity (Wildman–Crippen MR) is 112 cm³/mol. The minimum atomic E-state index is -3.71. The third kappa shape index (κ3) is 3.22. The summed E-state index contributed by atoms with van der Waals surface area (Å²) >= 11 is 0. The molecule has 150 valence electrons. The number of aryl methyl sites for hydroxylation is 1. The quantitative estimate of drug-likeness (QED) is 0.591. The summed E-state index contributed by atoms with van der Waals surface area (Å²) in [6.07, 6.45) is 0. The van der Waals surface area contributed by atoms with Crippen LogP contribution >= 0.6 is 0 Å². The van der Waals surface area contributed by atoms with Crippen molar-refractivity contribution in [3.63, 3.8) is 0 Å². The van der Waals surface area contributed by atoms with Crippen molar-refractivity contribution in [1.29, 1.82) is 0 Å². The van der Waals surface area contributed by atoms with Gasteiger partial charge >= 0.3 is 5.97 Å². The van der Waals surface area contributed by atoms with Crippen molar-refractivity contribution >= 4 is 26.8 Å². The Morgan fingerprint density at radius 1 is 1.14 bits per heavy atom. The third-order valence-electron chi connectivity index (χ3n) is 5.49. The number of esters is 1. The van der Waals surface area contributed by atoms with Crippen molar-refractivity contribution in [2.75, 3.05) is 6.61 Å². The topological polar surface area (TPSA) is 63.7 Å². The summed E-state index contributed by atoms with van der Waals surface area (Å²) in [5.74, 6) is -0.415. The van der Waals surface area contributed by atoms with Gasteiger partial charge in [0.2, 0.25) is 10.0 Å². The first-order valence-electron chi connectivity index (χ1n) is 9.64. The molecule has 4 rings (SSSR count). The predicted octanol–water partition coefficient (Wildman–Crippen LogP) is 4.59. The van der Waals surface area contributed by atoms with Crippen molar-refractivity contribution in [1.82, 2.24) is 4.31 Å². The zero-order valence-electron chi connectivity index (χ0n) is 16.7. The SMILES string of the molecule is CCOC(=O)c1c2c(cc3ccccc13)C(C)N(S(=O)(=O)c1ccc(C)cc1)C2. The molecule has 0 aromatic heterocycles. The lowest BCUT2D eigenvalue weighted by Gasteiger charge is -2.21. The highest BCUT2D eigenvalue weighted by molar-refractivity contribution is 7.89. The van der Waals surface area contributed by atoms with E-state index in [2.05, 4.69) is 0 Å². The molecule has 0 aliphatic carbocycles. The first kappa shape index (κ1) is 19.6. The van der Waals surface area contributed by atoms with Crippen molar-refractivity contribution in [3.05, 3.63) is 76.9 Å². The largest absolute Gasteiger partial charge is 0.462 e. The second kappa shape index (κ2) is 7.28. The van der Waals surface area contributed by atoms with Gasteiger partial charge in [-0.25, -0.2) is 13.2 Å². The van der Waals surface area contributed by atoms with Crippen LogP contribution in [0.2, 0.25) is 0 Å². The van der Waals surface area contributed by atoms with Gasteiger partial charge in [-0.1, -0.05) is 42.0 Å². The molecule has 3 aromatic carbocycles. The Hall–Kier alpha value is -2.70. The molecule has 1 heterocycles. The van der Waals surface area contributed by atoms with Crippen molar-refractivity contribution in [3.8, 4) is 0 Å². The summed E-state index contributed by atoms with van der Waals surface area (Å²) in [4.78, 5) is 13.1. The summed E-state index contributed by atoms with van der Waals surface area (Å²) in [5.41, 5.74) is 3.04. The van der Waals surface area contributed by atoms with E-state index in [1.807, 2.05) is 44.2 Å². The maximum absolute atomic E-state index is 13.3. The first-order valence-corrected chi connectivity index (χ1v) is 11.1. The molecule has 0 bridgehead atoms.